The number of hydrogen-bond donors (Lipinski definition) is 2. The molecular formula is C12H15FN2OS. The molecule has 3 nitrogen and oxygen atoms in total. The Morgan fingerprint density at radius 2 is 2.29 bits per heavy atom. The lowest BCUT2D eigenvalue weighted by Gasteiger charge is -2.23. The number of anilines is 1. The predicted octanol–water partition coefficient (Wildman–Crippen LogP) is 2.22. The van der Waals surface area contributed by atoms with E-state index in [-0.39, 0.29) is 12.1 Å². The quantitative estimate of drug-likeness (QED) is 0.846. The van der Waals surface area contributed by atoms with Crippen LogP contribution in [-0.2, 0) is 0 Å². The number of thioether (sulfide) groups is 1. The van der Waals surface area contributed by atoms with Crippen molar-refractivity contribution in [2.45, 2.75) is 12.5 Å². The van der Waals surface area contributed by atoms with Crippen molar-refractivity contribution in [2.75, 3.05) is 23.9 Å². The van der Waals surface area contributed by atoms with E-state index in [1.54, 1.807) is 6.92 Å². The molecule has 17 heavy (non-hydrogen) atoms. The molecule has 0 saturated heterocycles. The summed E-state index contributed by atoms with van der Waals surface area (Å²) in [6.07, 6.45) is 1.90. The zero-order chi connectivity index (χ0) is 12.9. The molecule has 5 heteroatoms. The first-order valence-corrected chi connectivity index (χ1v) is 6.53. The second kappa shape index (κ2) is 5.89. The number of aliphatic hydroxyl groups is 1. The van der Waals surface area contributed by atoms with E-state index in [0.717, 1.165) is 0 Å². The fourth-order valence-electron chi connectivity index (χ4n) is 1.38. The van der Waals surface area contributed by atoms with Crippen LogP contribution in [0.15, 0.2) is 18.2 Å². The SMILES string of the molecule is CSC[C@@](C)(O)CNc1ccc(C#N)cc1F. The normalized spacial score (nSPS) is 13.8. The van der Waals surface area contributed by atoms with Crippen LogP contribution < -0.4 is 5.32 Å². The second-order valence-electron chi connectivity index (χ2n) is 4.09. The minimum Gasteiger partial charge on any atom is -0.387 e. The Morgan fingerprint density at radius 3 is 2.82 bits per heavy atom. The van der Waals surface area contributed by atoms with Gasteiger partial charge < -0.3 is 10.4 Å². The summed E-state index contributed by atoms with van der Waals surface area (Å²) in [6.45, 7) is 1.95. The lowest BCUT2D eigenvalue weighted by atomic mass is 10.1. The summed E-state index contributed by atoms with van der Waals surface area (Å²) in [6, 6.07) is 6.08. The van der Waals surface area contributed by atoms with Crippen LogP contribution in [0.25, 0.3) is 0 Å². The molecular weight excluding hydrogens is 239 g/mol. The smallest absolute Gasteiger partial charge is 0.147 e. The van der Waals surface area contributed by atoms with E-state index in [9.17, 15) is 9.50 Å². The molecule has 0 unspecified atom stereocenters. The van der Waals surface area contributed by atoms with E-state index in [4.69, 9.17) is 5.26 Å². The molecule has 1 rings (SSSR count). The molecule has 0 radical (unpaired) electrons. The highest BCUT2D eigenvalue weighted by molar-refractivity contribution is 7.98. The standard InChI is InChI=1S/C12H15FN2OS/c1-12(16,8-17-2)7-15-11-4-3-9(6-14)5-10(11)13/h3-5,15-16H,7-8H2,1-2H3/t12-/m0/s1. The Bertz CT molecular complexity index is 429. The van der Waals surface area contributed by atoms with Gasteiger partial charge in [-0.15, -0.1) is 0 Å². The highest BCUT2D eigenvalue weighted by Crippen LogP contribution is 2.17. The molecule has 2 N–H and O–H groups in total. The van der Waals surface area contributed by atoms with Gasteiger partial charge in [0.1, 0.15) is 5.82 Å². The largest absolute Gasteiger partial charge is 0.387 e. The Balaban J connectivity index is 2.67. The molecule has 0 aliphatic heterocycles. The van der Waals surface area contributed by atoms with Crippen molar-refractivity contribution in [3.8, 4) is 6.07 Å². The summed E-state index contributed by atoms with van der Waals surface area (Å²) >= 11 is 1.53. The molecule has 0 spiro atoms. The summed E-state index contributed by atoms with van der Waals surface area (Å²) in [5.41, 5.74) is -0.311. The average molecular weight is 254 g/mol. The van der Waals surface area contributed by atoms with Crippen LogP contribution in [0.2, 0.25) is 0 Å². The van der Waals surface area contributed by atoms with Gasteiger partial charge in [-0.1, -0.05) is 0 Å². The summed E-state index contributed by atoms with van der Waals surface area (Å²) in [5, 5.41) is 21.4. The zero-order valence-electron chi connectivity index (χ0n) is 9.83. The lowest BCUT2D eigenvalue weighted by molar-refractivity contribution is 0.0996. The van der Waals surface area contributed by atoms with E-state index >= 15 is 0 Å². The molecule has 92 valence electrons. The Kier molecular flexibility index (Phi) is 4.79. The van der Waals surface area contributed by atoms with Gasteiger partial charge in [0.05, 0.1) is 22.9 Å². The van der Waals surface area contributed by atoms with Gasteiger partial charge in [-0.3, -0.25) is 0 Å². The first-order valence-electron chi connectivity index (χ1n) is 5.13. The van der Waals surface area contributed by atoms with Crippen molar-refractivity contribution in [3.05, 3.63) is 29.6 Å². The molecule has 1 atom stereocenters. The topological polar surface area (TPSA) is 56.0 Å². The van der Waals surface area contributed by atoms with Crippen molar-refractivity contribution in [1.82, 2.24) is 0 Å². The number of nitriles is 1. The molecule has 0 aromatic heterocycles. The first kappa shape index (κ1) is 13.8. The van der Waals surface area contributed by atoms with Gasteiger partial charge in [-0.2, -0.15) is 17.0 Å². The summed E-state index contributed by atoms with van der Waals surface area (Å²) in [4.78, 5) is 0. The van der Waals surface area contributed by atoms with E-state index < -0.39 is 11.4 Å². The number of nitrogens with one attached hydrogen (secondary N) is 1. The molecule has 0 bridgehead atoms. The fourth-order valence-corrected chi connectivity index (χ4v) is 2.10. The molecule has 1 aromatic rings. The van der Waals surface area contributed by atoms with Gasteiger partial charge >= 0.3 is 0 Å². The van der Waals surface area contributed by atoms with Gasteiger partial charge in [0, 0.05) is 12.3 Å². The molecule has 0 fully saturated rings. The van der Waals surface area contributed by atoms with E-state index in [0.29, 0.717) is 11.4 Å². The number of rotatable bonds is 5. The molecule has 0 aliphatic rings. The van der Waals surface area contributed by atoms with Crippen LogP contribution >= 0.6 is 11.8 Å². The molecule has 0 aliphatic carbocycles. The van der Waals surface area contributed by atoms with E-state index in [1.807, 2.05) is 12.3 Å². The highest BCUT2D eigenvalue weighted by Gasteiger charge is 2.19. The minimum atomic E-state index is -0.889. The van der Waals surface area contributed by atoms with Crippen LogP contribution in [0, 0.1) is 17.1 Å². The maximum Gasteiger partial charge on any atom is 0.147 e. The molecule has 1 aromatic carbocycles. The van der Waals surface area contributed by atoms with Crippen LogP contribution in [0.4, 0.5) is 10.1 Å². The number of benzene rings is 1. The van der Waals surface area contributed by atoms with Crippen LogP contribution in [0.5, 0.6) is 0 Å². The number of hydrogen-bond acceptors (Lipinski definition) is 4. The van der Waals surface area contributed by atoms with Crippen molar-refractivity contribution in [3.63, 3.8) is 0 Å². The van der Waals surface area contributed by atoms with Crippen molar-refractivity contribution < 1.29 is 9.50 Å². The Morgan fingerprint density at radius 1 is 1.59 bits per heavy atom. The monoisotopic (exact) mass is 254 g/mol. The third-order valence-electron chi connectivity index (χ3n) is 2.21. The first-order chi connectivity index (χ1) is 7.98. The highest BCUT2D eigenvalue weighted by atomic mass is 32.2. The van der Waals surface area contributed by atoms with Crippen molar-refractivity contribution >= 4 is 17.4 Å². The van der Waals surface area contributed by atoms with Crippen LogP contribution in [0.1, 0.15) is 12.5 Å². The average Bonchev–Trinajstić information content (AvgIpc) is 2.27. The van der Waals surface area contributed by atoms with Gasteiger partial charge in [0.25, 0.3) is 0 Å². The predicted molar refractivity (Wildman–Crippen MR) is 68.6 cm³/mol. The van der Waals surface area contributed by atoms with Gasteiger partial charge in [-0.25, -0.2) is 4.39 Å². The summed E-state index contributed by atoms with van der Waals surface area (Å²) in [7, 11) is 0. The Labute approximate surface area is 105 Å². The zero-order valence-corrected chi connectivity index (χ0v) is 10.6. The molecule has 0 saturated carbocycles. The van der Waals surface area contributed by atoms with E-state index in [2.05, 4.69) is 5.32 Å². The van der Waals surface area contributed by atoms with Crippen LogP contribution in [-0.4, -0.2) is 29.3 Å². The number of halogens is 1. The maximum absolute atomic E-state index is 13.5. The third kappa shape index (κ3) is 4.25. The number of nitrogens with zero attached hydrogens (tertiary/aromatic N) is 1. The Hall–Kier alpha value is -1.25. The molecule has 0 heterocycles. The second-order valence-corrected chi connectivity index (χ2v) is 4.96. The van der Waals surface area contributed by atoms with E-state index in [1.165, 1.54) is 30.0 Å². The molecule has 0 amide bonds. The van der Waals surface area contributed by atoms with Crippen molar-refractivity contribution in [1.29, 1.82) is 5.26 Å². The maximum atomic E-state index is 13.5. The van der Waals surface area contributed by atoms with Gasteiger partial charge in [0.2, 0.25) is 0 Å². The summed E-state index contributed by atoms with van der Waals surface area (Å²) in [5.74, 6) is 0.0850. The van der Waals surface area contributed by atoms with Gasteiger partial charge in [0.15, 0.2) is 0 Å². The minimum absolute atomic E-state index is 0.261. The van der Waals surface area contributed by atoms with Crippen molar-refractivity contribution in [2.24, 2.45) is 0 Å². The lowest BCUT2D eigenvalue weighted by Crippen LogP contribution is -2.36. The van der Waals surface area contributed by atoms with Crippen LogP contribution in [0.3, 0.4) is 0 Å². The summed E-state index contributed by atoms with van der Waals surface area (Å²) < 4.78 is 13.5. The van der Waals surface area contributed by atoms with Gasteiger partial charge in [-0.05, 0) is 31.4 Å². The fraction of sp³-hybridized carbons (Fsp3) is 0.417. The third-order valence-corrected chi connectivity index (χ3v) is 3.12.